The van der Waals surface area contributed by atoms with Crippen molar-refractivity contribution in [2.45, 2.75) is 52.9 Å². The third-order valence-electron chi connectivity index (χ3n) is 2.03. The number of esters is 1. The largest absolute Gasteiger partial charge is 0.465 e. The van der Waals surface area contributed by atoms with Gasteiger partial charge in [-0.1, -0.05) is 31.8 Å². The third-order valence-corrected chi connectivity index (χ3v) is 3.49. The quantitative estimate of drug-likeness (QED) is 0.317. The molecule has 0 saturated carbocycles. The summed E-state index contributed by atoms with van der Waals surface area (Å²) in [5.41, 5.74) is -0.387. The van der Waals surface area contributed by atoms with Gasteiger partial charge in [0.2, 0.25) is 0 Å². The van der Waals surface area contributed by atoms with Gasteiger partial charge in [0.15, 0.2) is 0 Å². The van der Waals surface area contributed by atoms with Crippen molar-refractivity contribution in [2.24, 2.45) is 5.41 Å². The molecule has 0 amide bonds. The summed E-state index contributed by atoms with van der Waals surface area (Å²) in [4.78, 5) is 11.4. The summed E-state index contributed by atoms with van der Waals surface area (Å²) in [5.74, 6) is -0.119. The molecule has 94 valence electrons. The molecule has 0 radical (unpaired) electrons. The second-order valence-corrected chi connectivity index (χ2v) is 11.9. The molecule has 0 aliphatic heterocycles. The van der Waals surface area contributed by atoms with Crippen LogP contribution in [0.4, 0.5) is 0 Å². The van der Waals surface area contributed by atoms with Crippen LogP contribution in [0, 0.1) is 5.41 Å². The number of hydrogen-bond acceptors (Lipinski definition) is 2. The van der Waals surface area contributed by atoms with Gasteiger partial charge in [-0.2, -0.15) is 0 Å². The van der Waals surface area contributed by atoms with Crippen molar-refractivity contribution in [3.05, 3.63) is 12.2 Å². The van der Waals surface area contributed by atoms with Gasteiger partial charge in [-0.25, -0.2) is 0 Å². The number of hydrogen-bond donors (Lipinski definition) is 0. The molecule has 0 unspecified atom stereocenters. The average molecular weight is 242 g/mol. The number of carbonyl (C=O) groups is 1. The fourth-order valence-electron chi connectivity index (χ4n) is 0.991. The van der Waals surface area contributed by atoms with Gasteiger partial charge in [-0.15, -0.1) is 0 Å². The normalized spacial score (nSPS) is 13.1. The first-order chi connectivity index (χ1) is 7.13. The summed E-state index contributed by atoms with van der Waals surface area (Å²) in [5, 5.41) is 0. The molecule has 0 atom stereocenters. The topological polar surface area (TPSA) is 26.3 Å². The molecule has 2 nitrogen and oxygen atoms in total. The van der Waals surface area contributed by atoms with Gasteiger partial charge in [-0.3, -0.25) is 4.79 Å². The van der Waals surface area contributed by atoms with Gasteiger partial charge in [0, 0.05) is 8.07 Å². The van der Waals surface area contributed by atoms with E-state index in [1.807, 2.05) is 20.8 Å². The lowest BCUT2D eigenvalue weighted by atomic mass is 9.97. The van der Waals surface area contributed by atoms with Crippen LogP contribution in [0.5, 0.6) is 0 Å². The smallest absolute Gasteiger partial charge is 0.311 e. The molecule has 0 aromatic carbocycles. The van der Waals surface area contributed by atoms with Crippen LogP contribution in [0.2, 0.25) is 25.7 Å². The highest BCUT2D eigenvalue weighted by molar-refractivity contribution is 6.76. The van der Waals surface area contributed by atoms with Gasteiger partial charge < -0.3 is 4.74 Å². The summed E-state index contributed by atoms with van der Waals surface area (Å²) in [6.45, 7) is 13.1. The maximum Gasteiger partial charge on any atom is 0.311 e. The van der Waals surface area contributed by atoms with E-state index in [0.29, 0.717) is 6.61 Å². The fourth-order valence-corrected chi connectivity index (χ4v) is 1.86. The van der Waals surface area contributed by atoms with E-state index in [4.69, 9.17) is 4.74 Å². The Kier molecular flexibility index (Phi) is 6.01. The zero-order chi connectivity index (χ0) is 12.8. The molecule has 0 rings (SSSR count). The van der Waals surface area contributed by atoms with Crippen LogP contribution in [0.25, 0.3) is 0 Å². The molecule has 0 aromatic heterocycles. The van der Waals surface area contributed by atoms with Crippen LogP contribution in [-0.4, -0.2) is 20.7 Å². The molecule has 16 heavy (non-hydrogen) atoms. The lowest BCUT2D eigenvalue weighted by molar-refractivity contribution is -0.152. The summed E-state index contributed by atoms with van der Waals surface area (Å²) >= 11 is 0. The maximum absolute atomic E-state index is 11.4. The molecule has 0 aromatic rings. The van der Waals surface area contributed by atoms with Crippen molar-refractivity contribution < 1.29 is 9.53 Å². The van der Waals surface area contributed by atoms with Crippen molar-refractivity contribution >= 4 is 14.0 Å². The minimum absolute atomic E-state index is 0.119. The van der Waals surface area contributed by atoms with Gasteiger partial charge in [-0.05, 0) is 33.2 Å². The van der Waals surface area contributed by atoms with E-state index in [0.717, 1.165) is 6.42 Å². The van der Waals surface area contributed by atoms with Gasteiger partial charge in [0.1, 0.15) is 0 Å². The van der Waals surface area contributed by atoms with E-state index in [2.05, 4.69) is 31.8 Å². The molecule has 0 aliphatic carbocycles. The highest BCUT2D eigenvalue weighted by Gasteiger charge is 2.22. The summed E-state index contributed by atoms with van der Waals surface area (Å²) < 4.78 is 5.16. The monoisotopic (exact) mass is 242 g/mol. The minimum Gasteiger partial charge on any atom is -0.465 e. The zero-order valence-electron chi connectivity index (χ0n) is 11.6. The molecule has 0 aliphatic rings. The van der Waals surface area contributed by atoms with E-state index in [9.17, 15) is 4.79 Å². The Bertz CT molecular complexity index is 244. The molecule has 0 bridgehead atoms. The Morgan fingerprint density at radius 3 is 2.19 bits per heavy atom. The van der Waals surface area contributed by atoms with Crippen LogP contribution >= 0.6 is 0 Å². The highest BCUT2D eigenvalue weighted by Crippen LogP contribution is 2.15. The van der Waals surface area contributed by atoms with E-state index >= 15 is 0 Å². The van der Waals surface area contributed by atoms with Crippen molar-refractivity contribution in [1.29, 1.82) is 0 Å². The summed E-state index contributed by atoms with van der Waals surface area (Å²) in [7, 11) is -0.964. The molecule has 0 N–H and O–H groups in total. The lowest BCUT2D eigenvalue weighted by Gasteiger charge is -2.16. The summed E-state index contributed by atoms with van der Waals surface area (Å²) in [6.07, 6.45) is 5.16. The molecule has 0 spiro atoms. The van der Waals surface area contributed by atoms with Crippen LogP contribution in [0.3, 0.4) is 0 Å². The SMILES string of the molecule is CC(C)(C)C(=O)OCC/C=C/C[Si](C)(C)C. The van der Waals surface area contributed by atoms with Crippen molar-refractivity contribution in [3.8, 4) is 0 Å². The average Bonchev–Trinajstić information content (AvgIpc) is 2.07. The second-order valence-electron chi connectivity index (χ2n) is 6.41. The van der Waals surface area contributed by atoms with Crippen molar-refractivity contribution in [1.82, 2.24) is 0 Å². The number of allylic oxidation sites excluding steroid dienone is 1. The Hall–Kier alpha value is -0.573. The van der Waals surface area contributed by atoms with Crippen LogP contribution in [0.1, 0.15) is 27.2 Å². The highest BCUT2D eigenvalue weighted by atomic mass is 28.3. The number of ether oxygens (including phenoxy) is 1. The first kappa shape index (κ1) is 15.4. The molecule has 0 heterocycles. The van der Waals surface area contributed by atoms with Gasteiger partial charge >= 0.3 is 5.97 Å². The Morgan fingerprint density at radius 2 is 1.75 bits per heavy atom. The Balaban J connectivity index is 3.66. The van der Waals surface area contributed by atoms with Crippen LogP contribution in [-0.2, 0) is 9.53 Å². The number of carbonyl (C=O) groups excluding carboxylic acids is 1. The fraction of sp³-hybridized carbons (Fsp3) is 0.769. The van der Waals surface area contributed by atoms with E-state index < -0.39 is 8.07 Å². The molecular weight excluding hydrogens is 216 g/mol. The van der Waals surface area contributed by atoms with Crippen LogP contribution < -0.4 is 0 Å². The Labute approximate surface area is 101 Å². The number of rotatable bonds is 5. The second kappa shape index (κ2) is 6.23. The first-order valence-electron chi connectivity index (χ1n) is 5.95. The molecular formula is C13H26O2Si. The minimum atomic E-state index is -0.964. The molecule has 0 fully saturated rings. The summed E-state index contributed by atoms with van der Waals surface area (Å²) in [6, 6.07) is 1.19. The standard InChI is InChI=1S/C13H26O2Si/c1-13(2,3)12(14)15-10-8-7-9-11-16(4,5)6/h7,9H,8,10-11H2,1-6H3/b9-7+. The predicted octanol–water partition coefficient (Wildman–Crippen LogP) is 3.86. The lowest BCUT2D eigenvalue weighted by Crippen LogP contribution is -2.23. The molecule has 0 saturated heterocycles. The van der Waals surface area contributed by atoms with Gasteiger partial charge in [0.05, 0.1) is 12.0 Å². The van der Waals surface area contributed by atoms with E-state index in [-0.39, 0.29) is 11.4 Å². The van der Waals surface area contributed by atoms with Gasteiger partial charge in [0.25, 0.3) is 0 Å². The zero-order valence-corrected chi connectivity index (χ0v) is 12.6. The Morgan fingerprint density at radius 1 is 1.19 bits per heavy atom. The van der Waals surface area contributed by atoms with Crippen LogP contribution in [0.15, 0.2) is 12.2 Å². The van der Waals surface area contributed by atoms with Crippen molar-refractivity contribution in [3.63, 3.8) is 0 Å². The maximum atomic E-state index is 11.4. The predicted molar refractivity (Wildman–Crippen MR) is 72.3 cm³/mol. The third kappa shape index (κ3) is 8.71. The van der Waals surface area contributed by atoms with Crippen molar-refractivity contribution in [2.75, 3.05) is 6.61 Å². The molecule has 3 heteroatoms. The first-order valence-corrected chi connectivity index (χ1v) is 9.66. The van der Waals surface area contributed by atoms with E-state index in [1.165, 1.54) is 6.04 Å². The van der Waals surface area contributed by atoms with E-state index in [1.54, 1.807) is 0 Å².